The van der Waals surface area contributed by atoms with Crippen LogP contribution in [0, 0.1) is 5.82 Å². The summed E-state index contributed by atoms with van der Waals surface area (Å²) in [4.78, 5) is 4.60. The van der Waals surface area contributed by atoms with Crippen LogP contribution in [0.15, 0.2) is 60.6 Å². The Morgan fingerprint density at radius 1 is 1.17 bits per heavy atom. The van der Waals surface area contributed by atoms with E-state index >= 15 is 0 Å². The van der Waals surface area contributed by atoms with Crippen molar-refractivity contribution in [3.05, 3.63) is 71.9 Å². The second-order valence-electron chi connectivity index (χ2n) is 6.39. The minimum Gasteiger partial charge on any atom is -0.349 e. The van der Waals surface area contributed by atoms with Crippen LogP contribution < -0.4 is 4.90 Å². The molecule has 1 aromatic heterocycles. The molecule has 1 N–H and O–H groups in total. The van der Waals surface area contributed by atoms with Crippen molar-refractivity contribution in [1.82, 2.24) is 15.1 Å². The summed E-state index contributed by atoms with van der Waals surface area (Å²) in [5.41, 5.74) is 4.44. The molecule has 5 rings (SSSR count). The first-order valence-electron chi connectivity index (χ1n) is 8.24. The van der Waals surface area contributed by atoms with Crippen LogP contribution >= 0.6 is 0 Å². The van der Waals surface area contributed by atoms with Gasteiger partial charge in [-0.15, -0.1) is 0 Å². The van der Waals surface area contributed by atoms with Crippen LogP contribution in [0.3, 0.4) is 0 Å². The Labute approximate surface area is 139 Å². The van der Waals surface area contributed by atoms with Gasteiger partial charge in [-0.3, -0.25) is 5.10 Å². The monoisotopic (exact) mass is 320 g/mol. The smallest absolute Gasteiger partial charge is 0.132 e. The predicted molar refractivity (Wildman–Crippen MR) is 91.7 cm³/mol. The normalized spacial score (nSPS) is 19.9. The second-order valence-corrected chi connectivity index (χ2v) is 6.39. The van der Waals surface area contributed by atoms with Crippen LogP contribution in [0.4, 0.5) is 10.1 Å². The van der Waals surface area contributed by atoms with E-state index in [9.17, 15) is 4.39 Å². The number of allylic oxidation sites excluding steroid dienone is 1. The van der Waals surface area contributed by atoms with Gasteiger partial charge in [-0.2, -0.15) is 5.10 Å². The maximum absolute atomic E-state index is 13.7. The number of nitrogens with zero attached hydrogens (tertiary/aromatic N) is 3. The Bertz CT molecular complexity index is 945. The fourth-order valence-electron chi connectivity index (χ4n) is 3.83. The molecule has 4 nitrogen and oxygen atoms in total. The zero-order valence-electron chi connectivity index (χ0n) is 13.1. The van der Waals surface area contributed by atoms with Crippen molar-refractivity contribution >= 4 is 16.6 Å². The zero-order chi connectivity index (χ0) is 16.1. The molecule has 5 heteroatoms. The lowest BCUT2D eigenvalue weighted by molar-refractivity contribution is 0.319. The van der Waals surface area contributed by atoms with E-state index in [4.69, 9.17) is 0 Å². The Kier molecular flexibility index (Phi) is 2.89. The molecular formula is C19H17FN4. The Morgan fingerprint density at radius 3 is 3.04 bits per heavy atom. The zero-order valence-corrected chi connectivity index (χ0v) is 13.1. The van der Waals surface area contributed by atoms with Crippen molar-refractivity contribution in [2.24, 2.45) is 0 Å². The predicted octanol–water partition coefficient (Wildman–Crippen LogP) is 4.16. The maximum Gasteiger partial charge on any atom is 0.132 e. The van der Waals surface area contributed by atoms with Crippen LogP contribution in [0.1, 0.15) is 24.6 Å². The second kappa shape index (κ2) is 5.09. The fraction of sp³-hybridized carbons (Fsp3) is 0.211. The standard InChI is InChI=1S/C19H17FN4/c20-15-3-1-4-16(10-15)24-12-17-5-2-8-23(17)19(24)13-6-7-18-14(9-13)11-21-22-18/h1,3-4,6-7,9-12,19H,2,5,8H2,(H,21,22). The third-order valence-corrected chi connectivity index (χ3v) is 4.92. The highest BCUT2D eigenvalue weighted by molar-refractivity contribution is 5.79. The van der Waals surface area contributed by atoms with Gasteiger partial charge in [-0.05, 0) is 48.7 Å². The highest BCUT2D eigenvalue weighted by Crippen LogP contribution is 2.43. The van der Waals surface area contributed by atoms with Gasteiger partial charge in [0.1, 0.15) is 12.0 Å². The van der Waals surface area contributed by atoms with Crippen LogP contribution in [0.25, 0.3) is 10.9 Å². The van der Waals surface area contributed by atoms with Crippen molar-refractivity contribution in [3.8, 4) is 0 Å². The number of nitrogens with one attached hydrogen (secondary N) is 1. The van der Waals surface area contributed by atoms with E-state index in [1.54, 1.807) is 12.1 Å². The average molecular weight is 320 g/mol. The lowest BCUT2D eigenvalue weighted by Crippen LogP contribution is -2.30. The maximum atomic E-state index is 13.7. The van der Waals surface area contributed by atoms with Gasteiger partial charge in [-0.25, -0.2) is 4.39 Å². The number of hydrogen-bond acceptors (Lipinski definition) is 3. The van der Waals surface area contributed by atoms with Crippen LogP contribution in [-0.4, -0.2) is 21.6 Å². The SMILES string of the molecule is Fc1cccc(N2C=C3CCCN3C2c2ccc3[nH]ncc3c2)c1. The number of H-pyrrole nitrogens is 1. The third-order valence-electron chi connectivity index (χ3n) is 4.92. The Balaban J connectivity index is 1.63. The lowest BCUT2D eigenvalue weighted by atomic mass is 10.1. The number of hydrogen-bond donors (Lipinski definition) is 1. The lowest BCUT2D eigenvalue weighted by Gasteiger charge is -2.32. The molecule has 1 saturated heterocycles. The van der Waals surface area contributed by atoms with E-state index in [1.807, 2.05) is 12.3 Å². The summed E-state index contributed by atoms with van der Waals surface area (Å²) >= 11 is 0. The first kappa shape index (κ1) is 13.6. The van der Waals surface area contributed by atoms with Crippen LogP contribution in [0.2, 0.25) is 0 Å². The molecule has 0 bridgehead atoms. The summed E-state index contributed by atoms with van der Waals surface area (Å²) in [6.45, 7) is 1.03. The third kappa shape index (κ3) is 2.01. The quantitative estimate of drug-likeness (QED) is 0.770. The number of halogens is 1. The number of anilines is 1. The molecular weight excluding hydrogens is 303 g/mol. The van der Waals surface area contributed by atoms with Gasteiger partial charge in [0.2, 0.25) is 0 Å². The average Bonchev–Trinajstić information content (AvgIpc) is 3.29. The van der Waals surface area contributed by atoms with Crippen LogP contribution in [-0.2, 0) is 0 Å². The van der Waals surface area contributed by atoms with E-state index in [1.165, 1.54) is 23.7 Å². The number of aromatic amines is 1. The first-order chi connectivity index (χ1) is 11.8. The molecule has 2 aromatic carbocycles. The molecule has 1 fully saturated rings. The summed E-state index contributed by atoms with van der Waals surface area (Å²) in [6, 6.07) is 13.2. The largest absolute Gasteiger partial charge is 0.349 e. The van der Waals surface area contributed by atoms with Crippen LogP contribution in [0.5, 0.6) is 0 Å². The molecule has 120 valence electrons. The van der Waals surface area contributed by atoms with Gasteiger partial charge in [0.15, 0.2) is 0 Å². The summed E-state index contributed by atoms with van der Waals surface area (Å²) in [7, 11) is 0. The Hall–Kier alpha value is -2.82. The van der Waals surface area contributed by atoms with Crippen molar-refractivity contribution < 1.29 is 4.39 Å². The van der Waals surface area contributed by atoms with Gasteiger partial charge in [0.25, 0.3) is 0 Å². The van der Waals surface area contributed by atoms with Gasteiger partial charge in [0.05, 0.1) is 11.7 Å². The summed E-state index contributed by atoms with van der Waals surface area (Å²) in [5.74, 6) is -0.206. The van der Waals surface area contributed by atoms with Crippen molar-refractivity contribution in [3.63, 3.8) is 0 Å². The molecule has 0 amide bonds. The molecule has 0 saturated carbocycles. The number of aromatic nitrogens is 2. The van der Waals surface area contributed by atoms with Gasteiger partial charge in [0, 0.05) is 29.5 Å². The Morgan fingerprint density at radius 2 is 2.12 bits per heavy atom. The fourth-order valence-corrected chi connectivity index (χ4v) is 3.83. The van der Waals surface area contributed by atoms with Gasteiger partial charge in [-0.1, -0.05) is 12.1 Å². The van der Waals surface area contributed by atoms with Crippen molar-refractivity contribution in [1.29, 1.82) is 0 Å². The molecule has 0 aliphatic carbocycles. The van der Waals surface area contributed by atoms with E-state index in [0.717, 1.165) is 29.6 Å². The van der Waals surface area contributed by atoms with E-state index in [2.05, 4.69) is 44.4 Å². The molecule has 0 spiro atoms. The van der Waals surface area contributed by atoms with Gasteiger partial charge < -0.3 is 9.80 Å². The molecule has 2 aliphatic rings. The van der Waals surface area contributed by atoms with Crippen molar-refractivity contribution in [2.45, 2.75) is 19.0 Å². The topological polar surface area (TPSA) is 35.2 Å². The van der Waals surface area contributed by atoms with E-state index in [-0.39, 0.29) is 12.0 Å². The molecule has 24 heavy (non-hydrogen) atoms. The van der Waals surface area contributed by atoms with E-state index < -0.39 is 0 Å². The number of rotatable bonds is 2. The first-order valence-corrected chi connectivity index (χ1v) is 8.24. The molecule has 1 unspecified atom stereocenters. The number of fused-ring (bicyclic) bond motifs is 2. The minimum absolute atomic E-state index is 0.0728. The summed E-state index contributed by atoms with van der Waals surface area (Å²) in [5, 5.41) is 8.20. The number of benzene rings is 2. The van der Waals surface area contributed by atoms with Crippen molar-refractivity contribution in [2.75, 3.05) is 11.4 Å². The highest BCUT2D eigenvalue weighted by Gasteiger charge is 2.36. The molecule has 1 atom stereocenters. The highest BCUT2D eigenvalue weighted by atomic mass is 19.1. The molecule has 3 heterocycles. The molecule has 2 aliphatic heterocycles. The van der Waals surface area contributed by atoms with Gasteiger partial charge >= 0.3 is 0 Å². The summed E-state index contributed by atoms with van der Waals surface area (Å²) in [6.07, 6.45) is 6.34. The summed E-state index contributed by atoms with van der Waals surface area (Å²) < 4.78 is 13.7. The molecule has 3 aromatic rings. The van der Waals surface area contributed by atoms with E-state index in [0.29, 0.717) is 0 Å². The minimum atomic E-state index is -0.206. The molecule has 0 radical (unpaired) electrons.